The second-order valence-electron chi connectivity index (χ2n) is 4.67. The summed E-state index contributed by atoms with van der Waals surface area (Å²) in [5.41, 5.74) is 0. The molecule has 1 rings (SSSR count). The number of rotatable bonds is 4. The summed E-state index contributed by atoms with van der Waals surface area (Å²) in [6, 6.07) is -0.634. The highest BCUT2D eigenvalue weighted by atomic mass is 32.1. The van der Waals surface area contributed by atoms with Crippen LogP contribution in [0.4, 0.5) is 0 Å². The van der Waals surface area contributed by atoms with E-state index < -0.39 is 6.04 Å². The number of thiol groups is 1. The van der Waals surface area contributed by atoms with E-state index in [1.807, 2.05) is 0 Å². The predicted molar refractivity (Wildman–Crippen MR) is 69.0 cm³/mol. The van der Waals surface area contributed by atoms with Gasteiger partial charge in [-0.25, -0.2) is 4.79 Å². The lowest BCUT2D eigenvalue weighted by Crippen LogP contribution is -2.44. The van der Waals surface area contributed by atoms with Gasteiger partial charge in [0.2, 0.25) is 5.91 Å². The highest BCUT2D eigenvalue weighted by Crippen LogP contribution is 2.26. The third-order valence-electron chi connectivity index (χ3n) is 3.14. The number of amides is 1. The Morgan fingerprint density at radius 3 is 2.59 bits per heavy atom. The van der Waals surface area contributed by atoms with Crippen LogP contribution in [0, 0.1) is 5.92 Å². The maximum Gasteiger partial charge on any atom is 0.329 e. The van der Waals surface area contributed by atoms with Gasteiger partial charge in [0.05, 0.1) is 0 Å². The van der Waals surface area contributed by atoms with E-state index in [1.54, 1.807) is 0 Å². The van der Waals surface area contributed by atoms with Crippen LogP contribution in [-0.4, -0.2) is 29.8 Å². The van der Waals surface area contributed by atoms with E-state index in [9.17, 15) is 9.59 Å². The smallest absolute Gasteiger partial charge is 0.329 e. The normalized spacial score (nSPS) is 26.1. The molecule has 0 aromatic carbocycles. The van der Waals surface area contributed by atoms with Crippen molar-refractivity contribution >= 4 is 24.5 Å². The lowest BCUT2D eigenvalue weighted by Gasteiger charge is -2.29. The fraction of sp³-hybridized carbons (Fsp3) is 0.833. The second kappa shape index (κ2) is 6.89. The molecule has 1 aliphatic rings. The van der Waals surface area contributed by atoms with E-state index in [-0.39, 0.29) is 23.7 Å². The number of carbonyl (C=O) groups excluding carboxylic acids is 2. The van der Waals surface area contributed by atoms with Crippen molar-refractivity contribution in [3.8, 4) is 0 Å². The third-order valence-corrected chi connectivity index (χ3v) is 3.51. The van der Waals surface area contributed by atoms with Crippen LogP contribution in [0.2, 0.25) is 0 Å². The monoisotopic (exact) mass is 259 g/mol. The Bertz CT molecular complexity index is 283. The van der Waals surface area contributed by atoms with E-state index in [1.165, 1.54) is 13.3 Å². The number of carbonyl (C=O) groups is 2. The van der Waals surface area contributed by atoms with E-state index in [4.69, 9.17) is 4.74 Å². The zero-order valence-corrected chi connectivity index (χ0v) is 11.3. The van der Waals surface area contributed by atoms with Crippen LogP contribution in [0.5, 0.6) is 0 Å². The van der Waals surface area contributed by atoms with Gasteiger partial charge >= 0.3 is 5.97 Å². The highest BCUT2D eigenvalue weighted by Gasteiger charge is 2.28. The summed E-state index contributed by atoms with van der Waals surface area (Å²) < 4.78 is 5.45. The molecular weight excluding hydrogens is 238 g/mol. The van der Waals surface area contributed by atoms with Gasteiger partial charge in [-0.1, -0.05) is 13.3 Å². The molecule has 1 saturated carbocycles. The standard InChI is InChI=1S/C12H21NO3S/c1-8-5-3-4-6-11(8)16-12(15)10(7-17)13-9(2)14/h8,10-11,17H,3-7H2,1-2H3,(H,13,14)/t8?,10-,11?/m0/s1. The Morgan fingerprint density at radius 1 is 1.41 bits per heavy atom. The Morgan fingerprint density at radius 2 is 2.06 bits per heavy atom. The second-order valence-corrected chi connectivity index (χ2v) is 5.04. The Hall–Kier alpha value is -0.710. The van der Waals surface area contributed by atoms with Gasteiger partial charge < -0.3 is 10.1 Å². The number of esters is 1. The molecule has 0 saturated heterocycles. The average Bonchev–Trinajstić information content (AvgIpc) is 2.28. The topological polar surface area (TPSA) is 55.4 Å². The summed E-state index contributed by atoms with van der Waals surface area (Å²) in [5, 5.41) is 2.54. The molecule has 0 heterocycles. The van der Waals surface area contributed by atoms with E-state index >= 15 is 0 Å². The van der Waals surface area contributed by atoms with Crippen LogP contribution >= 0.6 is 12.6 Å². The van der Waals surface area contributed by atoms with Crippen molar-refractivity contribution < 1.29 is 14.3 Å². The van der Waals surface area contributed by atoms with Crippen molar-refractivity contribution in [1.29, 1.82) is 0 Å². The molecule has 2 unspecified atom stereocenters. The fourth-order valence-electron chi connectivity index (χ4n) is 2.11. The summed E-state index contributed by atoms with van der Waals surface area (Å²) >= 11 is 4.05. The zero-order chi connectivity index (χ0) is 12.8. The van der Waals surface area contributed by atoms with Gasteiger partial charge in [-0.15, -0.1) is 0 Å². The third kappa shape index (κ3) is 4.58. The van der Waals surface area contributed by atoms with Crippen molar-refractivity contribution in [3.05, 3.63) is 0 Å². The van der Waals surface area contributed by atoms with Crippen LogP contribution < -0.4 is 5.32 Å². The first-order valence-corrected chi connectivity index (χ1v) is 6.76. The SMILES string of the molecule is CC(=O)N[C@@H](CS)C(=O)OC1CCCCC1C. The molecule has 98 valence electrons. The average molecular weight is 259 g/mol. The van der Waals surface area contributed by atoms with Gasteiger partial charge in [0.25, 0.3) is 0 Å². The summed E-state index contributed by atoms with van der Waals surface area (Å²) in [4.78, 5) is 22.8. The van der Waals surface area contributed by atoms with Gasteiger partial charge in [0.15, 0.2) is 0 Å². The molecule has 1 N–H and O–H groups in total. The van der Waals surface area contributed by atoms with Crippen molar-refractivity contribution in [2.24, 2.45) is 5.92 Å². The quantitative estimate of drug-likeness (QED) is 0.595. The molecule has 1 aliphatic carbocycles. The Kier molecular flexibility index (Phi) is 5.82. The van der Waals surface area contributed by atoms with Gasteiger partial charge in [0.1, 0.15) is 12.1 Å². The highest BCUT2D eigenvalue weighted by molar-refractivity contribution is 7.80. The first-order valence-electron chi connectivity index (χ1n) is 6.13. The molecule has 1 amide bonds. The molecule has 0 spiro atoms. The lowest BCUT2D eigenvalue weighted by molar-refractivity contribution is -0.156. The fourth-order valence-corrected chi connectivity index (χ4v) is 2.35. The minimum Gasteiger partial charge on any atom is -0.461 e. The summed E-state index contributed by atoms with van der Waals surface area (Å²) in [7, 11) is 0. The molecule has 0 aliphatic heterocycles. The first kappa shape index (κ1) is 14.4. The van der Waals surface area contributed by atoms with Crippen molar-refractivity contribution in [2.45, 2.75) is 51.7 Å². The van der Waals surface area contributed by atoms with Gasteiger partial charge in [0, 0.05) is 12.7 Å². The van der Waals surface area contributed by atoms with Crippen LogP contribution in [0.3, 0.4) is 0 Å². The Labute approximate surface area is 108 Å². The van der Waals surface area contributed by atoms with Gasteiger partial charge in [-0.3, -0.25) is 4.79 Å². The molecule has 0 aromatic heterocycles. The molecule has 0 bridgehead atoms. The molecule has 5 heteroatoms. The summed E-state index contributed by atoms with van der Waals surface area (Å²) in [6.07, 6.45) is 4.33. The van der Waals surface area contributed by atoms with Crippen LogP contribution in [0.15, 0.2) is 0 Å². The zero-order valence-electron chi connectivity index (χ0n) is 10.4. The largest absolute Gasteiger partial charge is 0.461 e. The number of hydrogen-bond acceptors (Lipinski definition) is 4. The summed E-state index contributed by atoms with van der Waals surface area (Å²) in [6.45, 7) is 3.48. The molecule has 1 fully saturated rings. The predicted octanol–water partition coefficient (Wildman–Crippen LogP) is 1.54. The van der Waals surface area contributed by atoms with Crippen LogP contribution in [-0.2, 0) is 14.3 Å². The molecule has 17 heavy (non-hydrogen) atoms. The maximum absolute atomic E-state index is 11.8. The van der Waals surface area contributed by atoms with Crippen LogP contribution in [0.25, 0.3) is 0 Å². The van der Waals surface area contributed by atoms with Crippen molar-refractivity contribution in [1.82, 2.24) is 5.32 Å². The van der Waals surface area contributed by atoms with Crippen molar-refractivity contribution in [3.63, 3.8) is 0 Å². The molecule has 4 nitrogen and oxygen atoms in total. The summed E-state index contributed by atoms with van der Waals surface area (Å²) in [5.74, 6) is 0.0664. The van der Waals surface area contributed by atoms with E-state index in [0.717, 1.165) is 19.3 Å². The Balaban J connectivity index is 2.47. The number of hydrogen-bond donors (Lipinski definition) is 2. The molecular formula is C12H21NO3S. The molecule has 0 radical (unpaired) electrons. The van der Waals surface area contributed by atoms with Crippen LogP contribution in [0.1, 0.15) is 39.5 Å². The molecule has 3 atom stereocenters. The lowest BCUT2D eigenvalue weighted by atomic mass is 9.88. The van der Waals surface area contributed by atoms with Gasteiger partial charge in [-0.05, 0) is 25.2 Å². The number of nitrogens with one attached hydrogen (secondary N) is 1. The number of ether oxygens (including phenoxy) is 1. The molecule has 0 aromatic rings. The van der Waals surface area contributed by atoms with E-state index in [0.29, 0.717) is 5.92 Å². The first-order chi connectivity index (χ1) is 8.04. The van der Waals surface area contributed by atoms with E-state index in [2.05, 4.69) is 24.9 Å². The minimum absolute atomic E-state index is 0.00704. The minimum atomic E-state index is -0.634. The van der Waals surface area contributed by atoms with Crippen molar-refractivity contribution in [2.75, 3.05) is 5.75 Å². The van der Waals surface area contributed by atoms with Gasteiger partial charge in [-0.2, -0.15) is 12.6 Å². The maximum atomic E-state index is 11.8.